The molecule has 2 N–H and O–H groups in total. The molecule has 6 aliphatic carbocycles. The third-order valence-electron chi connectivity index (χ3n) is 13.1. The highest BCUT2D eigenvalue weighted by Gasteiger charge is 2.66. The highest BCUT2D eigenvalue weighted by molar-refractivity contribution is 6.09. The van der Waals surface area contributed by atoms with Gasteiger partial charge >= 0.3 is 11.9 Å². The number of esters is 2. The van der Waals surface area contributed by atoms with Crippen LogP contribution in [0, 0.1) is 28.1 Å². The first-order valence-electron chi connectivity index (χ1n) is 17.1. The Morgan fingerprint density at radius 3 is 2.44 bits per heavy atom. The van der Waals surface area contributed by atoms with E-state index in [2.05, 4.69) is 13.0 Å². The van der Waals surface area contributed by atoms with E-state index in [1.807, 2.05) is 39.0 Å². The number of carbonyl (C=O) groups is 3. The molecule has 7 atom stereocenters. The first-order valence-corrected chi connectivity index (χ1v) is 17.1. The van der Waals surface area contributed by atoms with Gasteiger partial charge in [0.2, 0.25) is 0 Å². The van der Waals surface area contributed by atoms with Crippen LogP contribution >= 0.6 is 0 Å². The number of aliphatic hydroxyl groups is 2. The Hall–Kier alpha value is -2.77. The Bertz CT molecular complexity index is 1520. The van der Waals surface area contributed by atoms with E-state index in [4.69, 9.17) is 9.47 Å². The lowest BCUT2D eigenvalue weighted by molar-refractivity contribution is -0.151. The van der Waals surface area contributed by atoms with Crippen LogP contribution in [0.4, 0.5) is 0 Å². The Kier molecular flexibility index (Phi) is 7.11. The van der Waals surface area contributed by atoms with Crippen molar-refractivity contribution in [2.24, 2.45) is 28.1 Å². The summed E-state index contributed by atoms with van der Waals surface area (Å²) in [7, 11) is 0. The Morgan fingerprint density at radius 1 is 0.978 bits per heavy atom. The van der Waals surface area contributed by atoms with Gasteiger partial charge in [-0.05, 0) is 118 Å². The number of Topliss-reactive ketones (excluding diaryl/α,β-unsaturated/α-hetero) is 1. The molecule has 4 unspecified atom stereocenters. The Morgan fingerprint density at radius 2 is 1.71 bits per heavy atom. The molecule has 7 nitrogen and oxygen atoms in total. The molecule has 0 aliphatic heterocycles. The maximum Gasteiger partial charge on any atom is 0.311 e. The number of ketones is 1. The average molecular weight is 617 g/mol. The maximum absolute atomic E-state index is 13.3. The molecule has 242 valence electrons. The molecule has 1 spiro atoms. The van der Waals surface area contributed by atoms with Crippen LogP contribution < -0.4 is 4.74 Å². The minimum Gasteiger partial charge on any atom is -0.457 e. The van der Waals surface area contributed by atoms with Gasteiger partial charge in [0.05, 0.1) is 6.10 Å². The molecular formula is C38H48O7. The summed E-state index contributed by atoms with van der Waals surface area (Å²) in [6.07, 6.45) is 9.31. The van der Waals surface area contributed by atoms with Crippen molar-refractivity contribution in [2.45, 2.75) is 129 Å². The van der Waals surface area contributed by atoms with E-state index in [0.717, 1.165) is 62.5 Å². The topological polar surface area (TPSA) is 110 Å². The first-order chi connectivity index (χ1) is 21.2. The van der Waals surface area contributed by atoms with Crippen molar-refractivity contribution in [3.05, 3.63) is 52.1 Å². The van der Waals surface area contributed by atoms with Gasteiger partial charge in [-0.15, -0.1) is 0 Å². The van der Waals surface area contributed by atoms with Crippen LogP contribution in [-0.4, -0.2) is 45.7 Å². The summed E-state index contributed by atoms with van der Waals surface area (Å²) in [4.78, 5) is 39.1. The minimum absolute atomic E-state index is 0.0559. The Labute approximate surface area is 266 Å². The fraction of sp³-hybridized carbons (Fsp3) is 0.658. The number of fused-ring (bicyclic) bond motifs is 6. The largest absolute Gasteiger partial charge is 0.457 e. The molecule has 0 radical (unpaired) electrons. The maximum atomic E-state index is 13.3. The van der Waals surface area contributed by atoms with Crippen molar-refractivity contribution >= 4 is 17.7 Å². The fourth-order valence-electron chi connectivity index (χ4n) is 10.3. The lowest BCUT2D eigenvalue weighted by Gasteiger charge is -2.50. The lowest BCUT2D eigenvalue weighted by Crippen LogP contribution is -2.50. The summed E-state index contributed by atoms with van der Waals surface area (Å²) in [5, 5.41) is 21.8. The van der Waals surface area contributed by atoms with E-state index in [1.165, 1.54) is 11.1 Å². The second kappa shape index (κ2) is 10.4. The zero-order chi connectivity index (χ0) is 32.1. The van der Waals surface area contributed by atoms with Crippen LogP contribution in [0.25, 0.3) is 0 Å². The summed E-state index contributed by atoms with van der Waals surface area (Å²) in [6.45, 7) is 9.75. The predicted molar refractivity (Wildman–Crippen MR) is 168 cm³/mol. The van der Waals surface area contributed by atoms with Gasteiger partial charge in [-0.1, -0.05) is 38.5 Å². The summed E-state index contributed by atoms with van der Waals surface area (Å²) in [6, 6.07) is 6.07. The number of ether oxygens (including phenoxy) is 2. The van der Waals surface area contributed by atoms with Gasteiger partial charge in [-0.3, -0.25) is 14.4 Å². The van der Waals surface area contributed by atoms with Crippen molar-refractivity contribution in [1.29, 1.82) is 0 Å². The second-order valence-electron chi connectivity index (χ2n) is 16.0. The molecule has 7 rings (SSSR count). The van der Waals surface area contributed by atoms with Gasteiger partial charge in [0.1, 0.15) is 17.5 Å². The van der Waals surface area contributed by atoms with E-state index < -0.39 is 28.5 Å². The highest BCUT2D eigenvalue weighted by Crippen LogP contribution is 2.66. The third-order valence-corrected chi connectivity index (χ3v) is 13.1. The van der Waals surface area contributed by atoms with Crippen LogP contribution in [0.1, 0.15) is 116 Å². The predicted octanol–water partition coefficient (Wildman–Crippen LogP) is 6.29. The SMILES string of the molecule is CC1=C2C(=CC(C)(C)[C@@H]2OC(=O)CCCC(=O)Oc2ccc3c(c2)CCC2C3CC[C@]3(C)C(O)CCC23)C(=O)[C@](C)(O)C12CC2. The molecule has 0 bridgehead atoms. The van der Waals surface area contributed by atoms with E-state index >= 15 is 0 Å². The molecule has 0 saturated heterocycles. The second-order valence-corrected chi connectivity index (χ2v) is 16.0. The van der Waals surface area contributed by atoms with Crippen LogP contribution in [0.5, 0.6) is 5.75 Å². The molecule has 7 heteroatoms. The molecule has 3 saturated carbocycles. The van der Waals surface area contributed by atoms with Crippen molar-refractivity contribution in [2.75, 3.05) is 0 Å². The summed E-state index contributed by atoms with van der Waals surface area (Å²) in [5.74, 6) is 1.19. The zero-order valence-corrected chi connectivity index (χ0v) is 27.4. The molecule has 0 amide bonds. The van der Waals surface area contributed by atoms with Crippen LogP contribution in [0.2, 0.25) is 0 Å². The van der Waals surface area contributed by atoms with E-state index in [0.29, 0.717) is 35.5 Å². The molecule has 0 heterocycles. The van der Waals surface area contributed by atoms with Gasteiger partial charge in [-0.25, -0.2) is 0 Å². The van der Waals surface area contributed by atoms with Gasteiger partial charge in [0.25, 0.3) is 0 Å². The van der Waals surface area contributed by atoms with Crippen molar-refractivity contribution in [3.63, 3.8) is 0 Å². The smallest absolute Gasteiger partial charge is 0.311 e. The highest BCUT2D eigenvalue weighted by atomic mass is 16.5. The van der Waals surface area contributed by atoms with Crippen molar-refractivity contribution < 1.29 is 34.1 Å². The van der Waals surface area contributed by atoms with Crippen molar-refractivity contribution in [1.82, 2.24) is 0 Å². The lowest BCUT2D eigenvalue weighted by atomic mass is 9.55. The Balaban J connectivity index is 0.942. The summed E-state index contributed by atoms with van der Waals surface area (Å²) in [5.41, 5.74) is 2.28. The average Bonchev–Trinajstić information content (AvgIpc) is 3.69. The van der Waals surface area contributed by atoms with Crippen LogP contribution in [0.15, 0.2) is 41.0 Å². The summed E-state index contributed by atoms with van der Waals surface area (Å²) >= 11 is 0. The number of aliphatic hydroxyl groups excluding tert-OH is 1. The van der Waals surface area contributed by atoms with E-state index in [9.17, 15) is 24.6 Å². The molecule has 1 aromatic carbocycles. The number of benzene rings is 1. The number of carbonyl (C=O) groups excluding carboxylic acids is 3. The number of aryl methyl sites for hydroxylation is 1. The van der Waals surface area contributed by atoms with Gasteiger partial charge in [-0.2, -0.15) is 0 Å². The fourth-order valence-corrected chi connectivity index (χ4v) is 10.3. The normalized spacial score (nSPS) is 36.9. The van der Waals surface area contributed by atoms with Crippen LogP contribution in [-0.2, 0) is 25.5 Å². The molecule has 45 heavy (non-hydrogen) atoms. The van der Waals surface area contributed by atoms with Gasteiger partial charge < -0.3 is 19.7 Å². The number of hydrogen-bond donors (Lipinski definition) is 2. The first kappa shape index (κ1) is 30.9. The number of hydrogen-bond acceptors (Lipinski definition) is 7. The minimum atomic E-state index is -1.44. The van der Waals surface area contributed by atoms with Gasteiger partial charge in [0, 0.05) is 34.8 Å². The van der Waals surface area contributed by atoms with Gasteiger partial charge in [0.15, 0.2) is 5.78 Å². The zero-order valence-electron chi connectivity index (χ0n) is 27.4. The van der Waals surface area contributed by atoms with Crippen LogP contribution in [0.3, 0.4) is 0 Å². The molecule has 3 fully saturated rings. The monoisotopic (exact) mass is 616 g/mol. The quantitative estimate of drug-likeness (QED) is 0.286. The van der Waals surface area contributed by atoms with E-state index in [1.54, 1.807) is 6.92 Å². The molecule has 1 aromatic rings. The number of rotatable bonds is 6. The third kappa shape index (κ3) is 4.62. The molecule has 6 aliphatic rings. The van der Waals surface area contributed by atoms with E-state index in [-0.39, 0.29) is 36.1 Å². The molecule has 0 aromatic heterocycles. The van der Waals surface area contributed by atoms with Crippen molar-refractivity contribution in [3.8, 4) is 5.75 Å². The summed E-state index contributed by atoms with van der Waals surface area (Å²) < 4.78 is 11.7. The molecular weight excluding hydrogens is 568 g/mol. The standard InChI is InChI=1S/C38H48O7/c1-21-32-27(33(42)37(5,43)38(21)17-18-38)20-35(2,3)34(32)45-31(41)8-6-7-30(40)44-23-10-12-24-22(19-23)9-11-26-25(24)15-16-36(4)28(26)13-14-29(36)39/h10,12,19-20,25-26,28-29,34,39,43H,6-9,11,13-18H2,1-5H3/t25?,26?,28?,29?,34-,36+,37+/m1/s1.